The fourth-order valence-corrected chi connectivity index (χ4v) is 2.23. The van der Waals surface area contributed by atoms with Crippen LogP contribution in [0, 0.1) is 6.92 Å². The second-order valence-corrected chi connectivity index (χ2v) is 5.49. The number of aryl methyl sites for hydroxylation is 1. The van der Waals surface area contributed by atoms with E-state index >= 15 is 0 Å². The zero-order valence-electron chi connectivity index (χ0n) is 14.5. The molecule has 0 saturated carbocycles. The molecule has 5 heteroatoms. The first-order valence-electron chi connectivity index (χ1n) is 7.81. The minimum atomic E-state index is -0.482. The largest absolute Gasteiger partial charge is 0.496 e. The molecule has 0 spiro atoms. The molecule has 0 aromatic heterocycles. The Morgan fingerprint density at radius 1 is 1.08 bits per heavy atom. The molecule has 2 aromatic rings. The molecule has 1 amide bonds. The van der Waals surface area contributed by atoms with E-state index < -0.39 is 5.97 Å². The third-order valence-corrected chi connectivity index (χ3v) is 3.64. The lowest BCUT2D eigenvalue weighted by molar-refractivity contribution is -0.116. The Morgan fingerprint density at radius 2 is 1.80 bits per heavy atom. The van der Waals surface area contributed by atoms with E-state index in [0.29, 0.717) is 17.9 Å². The van der Waals surface area contributed by atoms with E-state index in [-0.39, 0.29) is 5.91 Å². The molecule has 2 aromatic carbocycles. The lowest BCUT2D eigenvalue weighted by Crippen LogP contribution is -2.20. The molecule has 0 radical (unpaired) electrons. The van der Waals surface area contributed by atoms with Crippen LogP contribution in [-0.2, 0) is 16.1 Å². The number of carbonyl (C=O) groups is 2. The smallest absolute Gasteiger partial charge is 0.341 e. The number of ether oxygens (including phenoxy) is 2. The van der Waals surface area contributed by atoms with Gasteiger partial charge in [0.1, 0.15) is 11.3 Å². The first-order valence-corrected chi connectivity index (χ1v) is 7.81. The van der Waals surface area contributed by atoms with Crippen LogP contribution in [0.3, 0.4) is 0 Å². The lowest BCUT2D eigenvalue weighted by Gasteiger charge is -2.09. The van der Waals surface area contributed by atoms with E-state index in [2.05, 4.69) is 5.32 Å². The third-order valence-electron chi connectivity index (χ3n) is 3.64. The fraction of sp³-hybridized carbons (Fsp3) is 0.200. The summed E-state index contributed by atoms with van der Waals surface area (Å²) in [6.45, 7) is 2.31. The number of methoxy groups -OCH3 is 2. The number of benzene rings is 2. The molecule has 1 N–H and O–H groups in total. The standard InChI is InChI=1S/C20H21NO4/c1-14-4-6-15(7-5-14)9-11-19(22)21-13-16-8-10-18(24-2)17(12-16)20(23)25-3/h4-12H,13H2,1-3H3,(H,21,22). The van der Waals surface area contributed by atoms with Crippen LogP contribution >= 0.6 is 0 Å². The van der Waals surface area contributed by atoms with Crippen LogP contribution in [0.5, 0.6) is 5.75 Å². The second kappa shape index (κ2) is 8.68. The normalized spacial score (nSPS) is 10.5. The van der Waals surface area contributed by atoms with E-state index in [0.717, 1.165) is 11.1 Å². The van der Waals surface area contributed by atoms with E-state index in [1.165, 1.54) is 25.9 Å². The predicted molar refractivity (Wildman–Crippen MR) is 96.4 cm³/mol. The summed E-state index contributed by atoms with van der Waals surface area (Å²) in [6.07, 6.45) is 3.23. The van der Waals surface area contributed by atoms with Crippen molar-refractivity contribution in [3.8, 4) is 5.75 Å². The molecule has 0 bridgehead atoms. The van der Waals surface area contributed by atoms with E-state index in [4.69, 9.17) is 9.47 Å². The Hall–Kier alpha value is -3.08. The van der Waals surface area contributed by atoms with Crippen LogP contribution in [0.2, 0.25) is 0 Å². The minimum Gasteiger partial charge on any atom is -0.496 e. The number of amides is 1. The van der Waals surface area contributed by atoms with Crippen molar-refractivity contribution in [2.24, 2.45) is 0 Å². The highest BCUT2D eigenvalue weighted by atomic mass is 16.5. The summed E-state index contributed by atoms with van der Waals surface area (Å²) in [5.74, 6) is -0.263. The summed E-state index contributed by atoms with van der Waals surface area (Å²) < 4.78 is 9.88. The van der Waals surface area contributed by atoms with Crippen LogP contribution in [-0.4, -0.2) is 26.1 Å². The van der Waals surface area contributed by atoms with Crippen LogP contribution < -0.4 is 10.1 Å². The monoisotopic (exact) mass is 339 g/mol. The molecule has 0 unspecified atom stereocenters. The maximum Gasteiger partial charge on any atom is 0.341 e. The number of carbonyl (C=O) groups excluding carboxylic acids is 2. The summed E-state index contributed by atoms with van der Waals surface area (Å²) in [5.41, 5.74) is 3.23. The number of hydrogen-bond donors (Lipinski definition) is 1. The molecular formula is C20H21NO4. The van der Waals surface area contributed by atoms with Crippen molar-refractivity contribution in [3.63, 3.8) is 0 Å². The van der Waals surface area contributed by atoms with Gasteiger partial charge in [0.15, 0.2) is 0 Å². The van der Waals surface area contributed by atoms with E-state index in [9.17, 15) is 9.59 Å². The topological polar surface area (TPSA) is 64.6 Å². The molecular weight excluding hydrogens is 318 g/mol. The molecule has 2 rings (SSSR count). The van der Waals surface area contributed by atoms with Gasteiger partial charge in [0.05, 0.1) is 14.2 Å². The van der Waals surface area contributed by atoms with Crippen molar-refractivity contribution in [3.05, 3.63) is 70.8 Å². The average molecular weight is 339 g/mol. The summed E-state index contributed by atoms with van der Waals surface area (Å²) >= 11 is 0. The average Bonchev–Trinajstić information content (AvgIpc) is 2.65. The molecule has 0 atom stereocenters. The van der Waals surface area contributed by atoms with Gasteiger partial charge in [-0.3, -0.25) is 4.79 Å². The molecule has 0 heterocycles. The van der Waals surface area contributed by atoms with Gasteiger partial charge >= 0.3 is 5.97 Å². The highest BCUT2D eigenvalue weighted by Gasteiger charge is 2.13. The fourth-order valence-electron chi connectivity index (χ4n) is 2.23. The van der Waals surface area contributed by atoms with Gasteiger partial charge in [-0.05, 0) is 36.3 Å². The summed E-state index contributed by atoms with van der Waals surface area (Å²) in [6, 6.07) is 13.0. The minimum absolute atomic E-state index is 0.212. The SMILES string of the molecule is COC(=O)c1cc(CNC(=O)C=Cc2ccc(C)cc2)ccc1OC. The van der Waals surface area contributed by atoms with E-state index in [1.54, 1.807) is 24.3 Å². The number of nitrogens with one attached hydrogen (secondary N) is 1. The molecule has 130 valence electrons. The Balaban J connectivity index is 1.99. The Bertz CT molecular complexity index is 779. The van der Waals surface area contributed by atoms with Gasteiger partial charge in [-0.25, -0.2) is 4.79 Å². The maximum absolute atomic E-state index is 11.9. The molecule has 0 saturated heterocycles. The highest BCUT2D eigenvalue weighted by Crippen LogP contribution is 2.20. The van der Waals surface area contributed by atoms with Crippen molar-refractivity contribution in [2.45, 2.75) is 13.5 Å². The summed E-state index contributed by atoms with van der Waals surface area (Å²) in [5, 5.41) is 2.78. The predicted octanol–water partition coefficient (Wildman–Crippen LogP) is 3.12. The zero-order chi connectivity index (χ0) is 18.2. The quantitative estimate of drug-likeness (QED) is 0.649. The van der Waals surface area contributed by atoms with Gasteiger partial charge in [-0.1, -0.05) is 35.9 Å². The van der Waals surface area contributed by atoms with Gasteiger partial charge < -0.3 is 14.8 Å². The molecule has 0 aliphatic carbocycles. The Morgan fingerprint density at radius 3 is 2.44 bits per heavy atom. The number of esters is 1. The molecule has 0 fully saturated rings. The highest BCUT2D eigenvalue weighted by molar-refractivity contribution is 5.93. The van der Waals surface area contributed by atoms with Crippen molar-refractivity contribution >= 4 is 18.0 Å². The van der Waals surface area contributed by atoms with Crippen molar-refractivity contribution in [2.75, 3.05) is 14.2 Å². The molecule has 0 aliphatic rings. The second-order valence-electron chi connectivity index (χ2n) is 5.49. The van der Waals surface area contributed by atoms with Gasteiger partial charge in [-0.2, -0.15) is 0 Å². The van der Waals surface area contributed by atoms with Crippen LogP contribution in [0.4, 0.5) is 0 Å². The van der Waals surface area contributed by atoms with Crippen molar-refractivity contribution in [1.82, 2.24) is 5.32 Å². The van der Waals surface area contributed by atoms with E-state index in [1.807, 2.05) is 31.2 Å². The summed E-state index contributed by atoms with van der Waals surface area (Å²) in [7, 11) is 2.80. The Kier molecular flexibility index (Phi) is 6.34. The zero-order valence-corrected chi connectivity index (χ0v) is 14.5. The van der Waals surface area contributed by atoms with Gasteiger partial charge in [0.25, 0.3) is 0 Å². The van der Waals surface area contributed by atoms with Crippen LogP contribution in [0.1, 0.15) is 27.0 Å². The third kappa shape index (κ3) is 5.21. The Labute approximate surface area is 147 Å². The van der Waals surface area contributed by atoms with Gasteiger partial charge in [0.2, 0.25) is 5.91 Å². The van der Waals surface area contributed by atoms with Gasteiger partial charge in [0, 0.05) is 12.6 Å². The first-order chi connectivity index (χ1) is 12.0. The maximum atomic E-state index is 11.9. The van der Waals surface area contributed by atoms with Gasteiger partial charge in [-0.15, -0.1) is 0 Å². The van der Waals surface area contributed by atoms with Crippen LogP contribution in [0.15, 0.2) is 48.5 Å². The summed E-state index contributed by atoms with van der Waals surface area (Å²) in [4.78, 5) is 23.7. The molecule has 25 heavy (non-hydrogen) atoms. The van der Waals surface area contributed by atoms with Crippen molar-refractivity contribution in [1.29, 1.82) is 0 Å². The molecule has 5 nitrogen and oxygen atoms in total. The molecule has 0 aliphatic heterocycles. The number of hydrogen-bond acceptors (Lipinski definition) is 4. The number of rotatable bonds is 6. The lowest BCUT2D eigenvalue weighted by atomic mass is 10.1. The van der Waals surface area contributed by atoms with Crippen LogP contribution in [0.25, 0.3) is 6.08 Å². The first kappa shape index (κ1) is 18.3. The van der Waals surface area contributed by atoms with Crippen molar-refractivity contribution < 1.29 is 19.1 Å².